The molecule has 24 valence electrons. The molecule has 0 nitrogen and oxygen atoms in total. The van der Waals surface area contributed by atoms with E-state index in [9.17, 15) is 0 Å². The van der Waals surface area contributed by atoms with Crippen LogP contribution in [0.15, 0.2) is 0 Å². The topological polar surface area (TPSA) is 0 Å². The summed E-state index contributed by atoms with van der Waals surface area (Å²) in [7, 11) is 0. The predicted octanol–water partition coefficient (Wildman–Crippen LogP) is -2.11. The van der Waals surface area contributed by atoms with Gasteiger partial charge in [-0.2, -0.15) is 0 Å². The van der Waals surface area contributed by atoms with Gasteiger partial charge < -0.3 is 0 Å². The molecule has 0 spiro atoms. The summed E-state index contributed by atoms with van der Waals surface area (Å²) in [5.41, 5.74) is 0. The van der Waals surface area contributed by atoms with E-state index < -0.39 is 0 Å². The van der Waals surface area contributed by atoms with Crippen molar-refractivity contribution in [3.8, 4) is 0 Å². The maximum absolute atomic E-state index is 0. The summed E-state index contributed by atoms with van der Waals surface area (Å²) in [6, 6.07) is 0. The minimum Gasteiger partial charge on any atom is 0 e. The van der Waals surface area contributed by atoms with Gasteiger partial charge in [0.15, 0.2) is 17.4 Å². The van der Waals surface area contributed by atoms with Gasteiger partial charge in [0.25, 0.3) is 0 Å². The summed E-state index contributed by atoms with van der Waals surface area (Å²) in [6.07, 6.45) is 0. The normalized spacial score (nSPS) is 0. The van der Waals surface area contributed by atoms with E-state index in [-0.39, 0.29) is 74.8 Å². The van der Waals surface area contributed by atoms with Crippen LogP contribution in [0.2, 0.25) is 0 Å². The van der Waals surface area contributed by atoms with Crippen LogP contribution < -0.4 is 0 Å². The van der Waals surface area contributed by atoms with E-state index in [4.69, 9.17) is 0 Å². The van der Waals surface area contributed by atoms with Crippen molar-refractivity contribution in [2.75, 3.05) is 0 Å². The van der Waals surface area contributed by atoms with Gasteiger partial charge in [-0.25, -0.2) is 0 Å². The first-order valence-corrected chi connectivity index (χ1v) is 0. The number of hydrogen-bond acceptors (Lipinski definition) is 0. The van der Waals surface area contributed by atoms with E-state index in [2.05, 4.69) is 0 Å². The van der Waals surface area contributed by atoms with Crippen molar-refractivity contribution < 1.29 is 34.4 Å². The van der Waals surface area contributed by atoms with Gasteiger partial charge in [0.1, 0.15) is 0 Å². The second-order valence-corrected chi connectivity index (χ2v) is 0. The third-order valence-electron chi connectivity index (χ3n) is 0. The van der Waals surface area contributed by atoms with E-state index in [0.29, 0.717) is 0 Å². The molecule has 0 rings (SSSR count). The largest absolute Gasteiger partial charge is 0.316 e. The Hall–Kier alpha value is 2.35. The first-order valence-electron chi connectivity index (χ1n) is 0. The smallest absolute Gasteiger partial charge is 0 e. The van der Waals surface area contributed by atoms with Gasteiger partial charge >= 0.3 is 23.1 Å². The Morgan fingerprint density at radius 1 is 1.00 bits per heavy atom. The Morgan fingerprint density at radius 3 is 1.00 bits per heavy atom. The van der Waals surface area contributed by atoms with Crippen molar-refractivity contribution in [2.24, 2.45) is 0 Å². The summed E-state index contributed by atoms with van der Waals surface area (Å²) in [4.78, 5) is 0. The zero-order valence-electron chi connectivity index (χ0n) is 0.762. The van der Waals surface area contributed by atoms with Crippen LogP contribution in [0.5, 0.6) is 0 Å². The van der Waals surface area contributed by atoms with Crippen LogP contribution in [0.1, 0.15) is 0 Å². The Labute approximate surface area is 74.0 Å². The van der Waals surface area contributed by atoms with Crippen LogP contribution in [-0.2, 0) is 34.4 Å². The maximum Gasteiger partial charge on any atom is 0.316 e. The zero-order valence-corrected chi connectivity index (χ0v) is 3.14. The summed E-state index contributed by atoms with van der Waals surface area (Å²) in [6.45, 7) is 0. The van der Waals surface area contributed by atoms with E-state index in [1.54, 1.807) is 0 Å². The second-order valence-electron chi connectivity index (χ2n) is 0. The van der Waals surface area contributed by atoms with Crippen molar-refractivity contribution in [3.05, 3.63) is 0 Å². The van der Waals surface area contributed by atoms with Gasteiger partial charge in [-0.05, 0) is 0 Å². The molecule has 0 bridgehead atoms. The molecule has 4 heavy (non-hydrogen) atoms. The van der Waals surface area contributed by atoms with Gasteiger partial charge in [0, 0.05) is 34.4 Å². The third kappa shape index (κ3) is 8.84. The molecular weight excluding hydrogens is 159 g/mol. The van der Waals surface area contributed by atoms with E-state index in [1.807, 2.05) is 0 Å². The first-order chi connectivity index (χ1) is 0. The maximum atomic E-state index is 0. The minimum atomic E-state index is 0. The van der Waals surface area contributed by atoms with Crippen LogP contribution >= 0.6 is 0 Å². The Balaban J connectivity index is 0. The molecule has 0 aromatic rings. The Morgan fingerprint density at radius 2 is 1.00 bits per heavy atom. The van der Waals surface area contributed by atoms with Gasteiger partial charge in [0.2, 0.25) is 0 Å². The zero-order chi connectivity index (χ0) is 0. The Kier molecular flexibility index (Phi) is 151. The van der Waals surface area contributed by atoms with Gasteiger partial charge in [0.05, 0.1) is 0 Å². The van der Waals surface area contributed by atoms with Crippen molar-refractivity contribution in [1.29, 1.82) is 0 Å². The Bertz CT molecular complexity index is 8.00. The molecule has 0 amide bonds. The van der Waals surface area contributed by atoms with Gasteiger partial charge in [-0.1, -0.05) is 0 Å². The molecule has 0 aliphatic rings. The molecule has 0 N–H and O–H groups in total. The standard InChI is InChI=1S/Al.Cr.Fe.Mg.5H. The van der Waals surface area contributed by atoms with E-state index in [1.165, 1.54) is 0 Å². The fourth-order valence-electron chi connectivity index (χ4n) is 0. The monoisotopic (exact) mass is 164 g/mol. The van der Waals surface area contributed by atoms with Crippen LogP contribution in [0.4, 0.5) is 0 Å². The molecule has 0 saturated carbocycles. The van der Waals surface area contributed by atoms with Crippen molar-refractivity contribution >= 4 is 40.4 Å². The minimum absolute atomic E-state index is 0. The van der Waals surface area contributed by atoms with Crippen molar-refractivity contribution in [2.45, 2.75) is 0 Å². The summed E-state index contributed by atoms with van der Waals surface area (Å²) < 4.78 is 0. The molecule has 0 fully saturated rings. The molecule has 0 atom stereocenters. The average molecular weight is 164 g/mol. The average Bonchev–Trinajstić information content (AvgIpc) is 0. The van der Waals surface area contributed by atoms with Crippen LogP contribution in [0.3, 0.4) is 0 Å². The van der Waals surface area contributed by atoms with Crippen LogP contribution in [0.25, 0.3) is 0 Å². The fraction of sp³-hybridized carbons (Fsp3) is 0. The quantitative estimate of drug-likeness (QED) is 0.360. The molecule has 4 heteroatoms. The molecule has 0 radical (unpaired) electrons. The fourth-order valence-corrected chi connectivity index (χ4v) is 0. The van der Waals surface area contributed by atoms with Crippen LogP contribution in [-0.4, -0.2) is 40.4 Å². The molecule has 0 unspecified atom stereocenters. The third-order valence-corrected chi connectivity index (χ3v) is 0. The molecule has 0 aliphatic heterocycles. The van der Waals surface area contributed by atoms with E-state index in [0.717, 1.165) is 0 Å². The number of rotatable bonds is 0. The number of hydrogen-bond donors (Lipinski definition) is 0. The molecular formula is H5AlCrFeMg. The van der Waals surface area contributed by atoms with Crippen LogP contribution in [0, 0.1) is 0 Å². The molecule has 0 saturated heterocycles. The van der Waals surface area contributed by atoms with Gasteiger partial charge in [-0.3, -0.25) is 0 Å². The predicted molar refractivity (Wildman–Crippen MR) is 18.5 cm³/mol. The summed E-state index contributed by atoms with van der Waals surface area (Å²) >= 11 is 0. The molecule has 0 heterocycles. The van der Waals surface area contributed by atoms with Crippen molar-refractivity contribution in [3.63, 3.8) is 0 Å². The molecule has 0 aliphatic carbocycles. The SMILES string of the molecule is [AlH3].[Cr].[Fe].[MgH2]. The summed E-state index contributed by atoms with van der Waals surface area (Å²) in [5, 5.41) is 0. The molecule has 0 aromatic carbocycles. The second kappa shape index (κ2) is 18.3. The molecule has 0 aromatic heterocycles. The van der Waals surface area contributed by atoms with Crippen molar-refractivity contribution in [1.82, 2.24) is 0 Å². The first kappa shape index (κ1) is 32.9. The van der Waals surface area contributed by atoms with E-state index >= 15 is 0 Å². The van der Waals surface area contributed by atoms with Gasteiger partial charge in [-0.15, -0.1) is 0 Å². The summed E-state index contributed by atoms with van der Waals surface area (Å²) in [5.74, 6) is 0.